The zero-order valence-corrected chi connectivity index (χ0v) is 12.8. The molecule has 2 N–H and O–H groups in total. The van der Waals surface area contributed by atoms with Gasteiger partial charge in [0.2, 0.25) is 0 Å². The van der Waals surface area contributed by atoms with Crippen molar-refractivity contribution in [1.29, 1.82) is 0 Å². The van der Waals surface area contributed by atoms with Crippen molar-refractivity contribution in [3.05, 3.63) is 21.3 Å². The van der Waals surface area contributed by atoms with Crippen LogP contribution in [-0.4, -0.2) is 16.2 Å². The number of nitrogens with zero attached hydrogens (tertiary/aromatic N) is 3. The zero-order valence-electron chi connectivity index (χ0n) is 10.4. The average Bonchev–Trinajstić information content (AvgIpc) is 2.64. The minimum atomic E-state index is 0.499. The maximum Gasteiger partial charge on any atom is 0.180 e. The monoisotopic (exact) mass is 324 g/mol. The second kappa shape index (κ2) is 5.16. The molecular formula is C12H13BrN4S. The van der Waals surface area contributed by atoms with E-state index < -0.39 is 0 Å². The summed E-state index contributed by atoms with van der Waals surface area (Å²) in [4.78, 5) is 14.2. The van der Waals surface area contributed by atoms with E-state index in [1.54, 1.807) is 17.6 Å². The van der Waals surface area contributed by atoms with Crippen LogP contribution in [0.1, 0.15) is 24.5 Å². The van der Waals surface area contributed by atoms with Gasteiger partial charge < -0.3 is 5.73 Å². The van der Waals surface area contributed by atoms with Gasteiger partial charge in [0.15, 0.2) is 5.82 Å². The summed E-state index contributed by atoms with van der Waals surface area (Å²) in [6, 6.07) is 0. The molecule has 2 rings (SSSR count). The summed E-state index contributed by atoms with van der Waals surface area (Å²) in [7, 11) is 0. The lowest BCUT2D eigenvalue weighted by atomic mass is 10.3. The van der Waals surface area contributed by atoms with E-state index in [4.69, 9.17) is 5.73 Å². The minimum Gasteiger partial charge on any atom is -0.382 e. The van der Waals surface area contributed by atoms with Gasteiger partial charge in [-0.15, -0.1) is 11.3 Å². The summed E-state index contributed by atoms with van der Waals surface area (Å²) in [6.07, 6.45) is 3.58. The number of rotatable bonds is 2. The van der Waals surface area contributed by atoms with E-state index in [0.29, 0.717) is 11.6 Å². The number of thiophene rings is 1. The molecule has 0 bridgehead atoms. The van der Waals surface area contributed by atoms with Gasteiger partial charge >= 0.3 is 0 Å². The number of halogens is 1. The molecule has 0 aliphatic rings. The number of aryl methyl sites for hydroxylation is 1. The number of nitrogen functional groups attached to an aromatic ring is 1. The molecule has 0 fully saturated rings. The second-order valence-electron chi connectivity index (χ2n) is 3.64. The Morgan fingerprint density at radius 2 is 2.11 bits per heavy atom. The molecular weight excluding hydrogens is 312 g/mol. The maximum atomic E-state index is 5.99. The summed E-state index contributed by atoms with van der Waals surface area (Å²) in [6.45, 7) is 5.78. The van der Waals surface area contributed by atoms with E-state index in [0.717, 1.165) is 25.3 Å². The summed E-state index contributed by atoms with van der Waals surface area (Å²) in [5.41, 5.74) is 7.56. The Bertz CT molecular complexity index is 658. The van der Waals surface area contributed by atoms with E-state index in [1.165, 1.54) is 0 Å². The lowest BCUT2D eigenvalue weighted by molar-refractivity contribution is 1.16. The number of hydrogen-bond donors (Lipinski definition) is 1. The number of fused-ring (bicyclic) bond motifs is 1. The van der Waals surface area contributed by atoms with Crippen LogP contribution in [0.5, 0.6) is 0 Å². The highest BCUT2D eigenvalue weighted by atomic mass is 79.9. The van der Waals surface area contributed by atoms with Gasteiger partial charge in [-0.25, -0.2) is 9.97 Å². The first-order valence-electron chi connectivity index (χ1n) is 5.46. The molecule has 0 aliphatic carbocycles. The van der Waals surface area contributed by atoms with Crippen LogP contribution >= 0.6 is 27.3 Å². The van der Waals surface area contributed by atoms with Crippen molar-refractivity contribution in [2.24, 2.45) is 4.99 Å². The smallest absolute Gasteiger partial charge is 0.180 e. The van der Waals surface area contributed by atoms with Crippen LogP contribution in [0.15, 0.2) is 15.5 Å². The quantitative estimate of drug-likeness (QED) is 0.854. The van der Waals surface area contributed by atoms with Crippen LogP contribution in [0.3, 0.4) is 0 Å². The number of anilines is 1. The lowest BCUT2D eigenvalue weighted by Crippen LogP contribution is -1.98. The van der Waals surface area contributed by atoms with Crippen molar-refractivity contribution < 1.29 is 0 Å². The van der Waals surface area contributed by atoms with E-state index in [2.05, 4.69) is 30.9 Å². The molecule has 0 atom stereocenters. The van der Waals surface area contributed by atoms with Crippen LogP contribution in [0, 0.1) is 6.92 Å². The molecule has 0 unspecified atom stereocenters. The molecule has 0 spiro atoms. The Morgan fingerprint density at radius 3 is 2.72 bits per heavy atom. The highest BCUT2D eigenvalue weighted by Gasteiger charge is 2.14. The minimum absolute atomic E-state index is 0.499. The van der Waals surface area contributed by atoms with Crippen molar-refractivity contribution in [2.75, 3.05) is 5.73 Å². The Hall–Kier alpha value is -1.27. The number of allylic oxidation sites excluding steroid dienone is 1. The van der Waals surface area contributed by atoms with Crippen molar-refractivity contribution in [2.45, 2.75) is 20.8 Å². The van der Waals surface area contributed by atoms with Crippen LogP contribution in [-0.2, 0) is 0 Å². The van der Waals surface area contributed by atoms with Gasteiger partial charge in [0.1, 0.15) is 17.0 Å². The molecule has 18 heavy (non-hydrogen) atoms. The molecule has 2 aromatic rings. The first kappa shape index (κ1) is 13.2. The summed E-state index contributed by atoms with van der Waals surface area (Å²) in [5.74, 6) is 1.05. The summed E-state index contributed by atoms with van der Waals surface area (Å²) >= 11 is 5.13. The van der Waals surface area contributed by atoms with Crippen LogP contribution in [0.2, 0.25) is 0 Å². The van der Waals surface area contributed by atoms with Crippen molar-refractivity contribution >= 4 is 55.2 Å². The molecule has 0 saturated heterocycles. The SMILES string of the molecule is C/C=N\C(=C/C)c1nc(N)c2sc(C)c(Br)c2n1. The molecule has 94 valence electrons. The third-order valence-corrected chi connectivity index (χ3v) is 4.78. The highest BCUT2D eigenvalue weighted by Crippen LogP contribution is 2.36. The molecule has 0 radical (unpaired) electrons. The zero-order chi connectivity index (χ0) is 13.3. The predicted octanol–water partition coefficient (Wildman–Crippen LogP) is 3.80. The Morgan fingerprint density at radius 1 is 1.39 bits per heavy atom. The molecule has 2 aromatic heterocycles. The van der Waals surface area contributed by atoms with E-state index in [1.807, 2.05) is 26.8 Å². The van der Waals surface area contributed by atoms with Gasteiger partial charge in [-0.1, -0.05) is 6.08 Å². The average molecular weight is 325 g/mol. The standard InChI is InChI=1S/C12H13BrN4S/c1-4-7(15-5-2)12-16-9-8(13)6(3)18-10(9)11(14)17-12/h4-5H,1-3H3,(H2,14,16,17)/b7-4-,15-5-. The Labute approximate surface area is 118 Å². The molecule has 4 nitrogen and oxygen atoms in total. The van der Waals surface area contributed by atoms with E-state index in [-0.39, 0.29) is 0 Å². The largest absolute Gasteiger partial charge is 0.382 e. The highest BCUT2D eigenvalue weighted by molar-refractivity contribution is 9.10. The third-order valence-electron chi connectivity index (χ3n) is 2.43. The molecule has 6 heteroatoms. The fraction of sp³-hybridized carbons (Fsp3) is 0.250. The molecule has 0 amide bonds. The van der Waals surface area contributed by atoms with Crippen LogP contribution < -0.4 is 5.73 Å². The molecule has 2 heterocycles. The topological polar surface area (TPSA) is 64.2 Å². The lowest BCUT2D eigenvalue weighted by Gasteiger charge is -2.02. The summed E-state index contributed by atoms with van der Waals surface area (Å²) in [5, 5.41) is 0. The molecule has 0 aromatic carbocycles. The Kier molecular flexibility index (Phi) is 3.77. The molecule has 0 saturated carbocycles. The number of aromatic nitrogens is 2. The van der Waals surface area contributed by atoms with Gasteiger partial charge in [-0.05, 0) is 36.7 Å². The van der Waals surface area contributed by atoms with Crippen molar-refractivity contribution in [3.63, 3.8) is 0 Å². The van der Waals surface area contributed by atoms with Gasteiger partial charge in [0, 0.05) is 11.1 Å². The number of hydrogen-bond acceptors (Lipinski definition) is 5. The maximum absolute atomic E-state index is 5.99. The third kappa shape index (κ3) is 2.18. The van der Waals surface area contributed by atoms with E-state index >= 15 is 0 Å². The summed E-state index contributed by atoms with van der Waals surface area (Å²) < 4.78 is 1.90. The van der Waals surface area contributed by atoms with Crippen LogP contribution in [0.4, 0.5) is 5.82 Å². The second-order valence-corrected chi connectivity index (χ2v) is 5.66. The number of aliphatic imine (C=N–C) groups is 1. The first-order chi connectivity index (χ1) is 8.58. The van der Waals surface area contributed by atoms with Crippen molar-refractivity contribution in [3.8, 4) is 0 Å². The predicted molar refractivity (Wildman–Crippen MR) is 82.1 cm³/mol. The van der Waals surface area contributed by atoms with Gasteiger partial charge in [-0.3, -0.25) is 4.99 Å². The van der Waals surface area contributed by atoms with E-state index in [9.17, 15) is 0 Å². The number of nitrogens with two attached hydrogens (primary N) is 1. The normalized spacial score (nSPS) is 12.8. The van der Waals surface area contributed by atoms with Crippen LogP contribution in [0.25, 0.3) is 15.9 Å². The molecule has 0 aliphatic heterocycles. The fourth-order valence-corrected chi connectivity index (χ4v) is 3.14. The first-order valence-corrected chi connectivity index (χ1v) is 7.07. The Balaban J connectivity index is 2.72. The van der Waals surface area contributed by atoms with Crippen molar-refractivity contribution in [1.82, 2.24) is 9.97 Å². The fourth-order valence-electron chi connectivity index (χ4n) is 1.60. The van der Waals surface area contributed by atoms with Gasteiger partial charge in [-0.2, -0.15) is 0 Å². The van der Waals surface area contributed by atoms with Gasteiger partial charge in [0.25, 0.3) is 0 Å². The van der Waals surface area contributed by atoms with Gasteiger partial charge in [0.05, 0.1) is 9.17 Å².